The Labute approximate surface area is 110 Å². The Bertz CT molecular complexity index is 581. The second-order valence-corrected chi connectivity index (χ2v) is 4.68. The molecule has 3 rings (SSSR count). The van der Waals surface area contributed by atoms with Gasteiger partial charge < -0.3 is 9.42 Å². The lowest BCUT2D eigenvalue weighted by molar-refractivity contribution is -0.128. The molecule has 19 heavy (non-hydrogen) atoms. The van der Waals surface area contributed by atoms with Crippen molar-refractivity contribution in [2.45, 2.75) is 25.8 Å². The fourth-order valence-electron chi connectivity index (χ4n) is 2.26. The van der Waals surface area contributed by atoms with Crippen LogP contribution in [-0.2, 0) is 11.3 Å². The van der Waals surface area contributed by atoms with Crippen molar-refractivity contribution >= 4 is 5.91 Å². The summed E-state index contributed by atoms with van der Waals surface area (Å²) in [5, 5.41) is 3.77. The number of carbonyl (C=O) groups excluding carboxylic acids is 1. The maximum atomic E-state index is 12.0. The van der Waals surface area contributed by atoms with Crippen molar-refractivity contribution in [3.63, 3.8) is 0 Å². The van der Waals surface area contributed by atoms with Gasteiger partial charge in [-0.2, -0.15) is 4.98 Å². The summed E-state index contributed by atoms with van der Waals surface area (Å²) in [6.07, 6.45) is 2.16. The van der Waals surface area contributed by atoms with Crippen LogP contribution in [0.25, 0.3) is 0 Å². The quantitative estimate of drug-likeness (QED) is 0.829. The molecule has 1 aliphatic heterocycles. The number of carbonyl (C=O) groups is 1. The number of pyridine rings is 1. The van der Waals surface area contributed by atoms with E-state index in [0.717, 1.165) is 5.69 Å². The number of rotatable bonds is 3. The SMILES string of the molecule is Cc1noc(C2CC(=O)N(Cc3ccccn3)C2)n1. The topological polar surface area (TPSA) is 72.1 Å². The summed E-state index contributed by atoms with van der Waals surface area (Å²) < 4.78 is 5.14. The number of amides is 1. The van der Waals surface area contributed by atoms with Gasteiger partial charge in [-0.1, -0.05) is 11.2 Å². The predicted octanol–water partition coefficient (Wildman–Crippen LogP) is 1.29. The fourth-order valence-corrected chi connectivity index (χ4v) is 2.26. The van der Waals surface area contributed by atoms with Gasteiger partial charge in [0.05, 0.1) is 18.2 Å². The van der Waals surface area contributed by atoms with E-state index >= 15 is 0 Å². The summed E-state index contributed by atoms with van der Waals surface area (Å²) in [5.41, 5.74) is 0.887. The first-order chi connectivity index (χ1) is 9.22. The minimum absolute atomic E-state index is 0.00240. The van der Waals surface area contributed by atoms with Gasteiger partial charge in [0.2, 0.25) is 11.8 Å². The molecule has 6 nitrogen and oxygen atoms in total. The minimum atomic E-state index is -0.00240. The van der Waals surface area contributed by atoms with E-state index in [-0.39, 0.29) is 11.8 Å². The first kappa shape index (κ1) is 11.8. The summed E-state index contributed by atoms with van der Waals surface area (Å²) in [6, 6.07) is 5.69. The number of aromatic nitrogens is 3. The lowest BCUT2D eigenvalue weighted by atomic mass is 10.1. The molecule has 0 spiro atoms. The van der Waals surface area contributed by atoms with Crippen LogP contribution < -0.4 is 0 Å². The smallest absolute Gasteiger partial charge is 0.232 e. The zero-order valence-corrected chi connectivity index (χ0v) is 10.6. The number of hydrogen-bond donors (Lipinski definition) is 0. The maximum Gasteiger partial charge on any atom is 0.232 e. The lowest BCUT2D eigenvalue weighted by Crippen LogP contribution is -2.24. The molecule has 6 heteroatoms. The third kappa shape index (κ3) is 2.47. The van der Waals surface area contributed by atoms with E-state index in [2.05, 4.69) is 15.1 Å². The van der Waals surface area contributed by atoms with Gasteiger partial charge in [-0.25, -0.2) is 0 Å². The zero-order valence-electron chi connectivity index (χ0n) is 10.6. The monoisotopic (exact) mass is 258 g/mol. The Morgan fingerprint density at radius 1 is 1.47 bits per heavy atom. The van der Waals surface area contributed by atoms with Gasteiger partial charge >= 0.3 is 0 Å². The van der Waals surface area contributed by atoms with E-state index in [9.17, 15) is 4.79 Å². The third-order valence-electron chi connectivity index (χ3n) is 3.19. The molecule has 2 aromatic rings. The molecule has 3 heterocycles. The number of hydrogen-bond acceptors (Lipinski definition) is 5. The second kappa shape index (κ2) is 4.79. The highest BCUT2D eigenvalue weighted by atomic mass is 16.5. The van der Waals surface area contributed by atoms with E-state index in [1.165, 1.54) is 0 Å². The fraction of sp³-hybridized carbons (Fsp3) is 0.385. The van der Waals surface area contributed by atoms with Crippen molar-refractivity contribution in [3.8, 4) is 0 Å². The van der Waals surface area contributed by atoms with Gasteiger partial charge in [0.25, 0.3) is 0 Å². The van der Waals surface area contributed by atoms with Gasteiger partial charge in [-0.15, -0.1) is 0 Å². The van der Waals surface area contributed by atoms with Crippen LogP contribution in [0.15, 0.2) is 28.9 Å². The third-order valence-corrected chi connectivity index (χ3v) is 3.19. The van der Waals surface area contributed by atoms with E-state index in [1.807, 2.05) is 18.2 Å². The van der Waals surface area contributed by atoms with Crippen LogP contribution in [-0.4, -0.2) is 32.5 Å². The Morgan fingerprint density at radius 2 is 2.37 bits per heavy atom. The molecule has 98 valence electrons. The number of nitrogens with zero attached hydrogens (tertiary/aromatic N) is 4. The van der Waals surface area contributed by atoms with Crippen molar-refractivity contribution in [1.29, 1.82) is 0 Å². The number of aryl methyl sites for hydroxylation is 1. The number of likely N-dealkylation sites (tertiary alicyclic amines) is 1. The van der Waals surface area contributed by atoms with Crippen molar-refractivity contribution in [3.05, 3.63) is 41.8 Å². The summed E-state index contributed by atoms with van der Waals surface area (Å²) in [7, 11) is 0. The Balaban J connectivity index is 1.70. The Hall–Kier alpha value is -2.24. The molecule has 1 fully saturated rings. The largest absolute Gasteiger partial charge is 0.339 e. The first-order valence-corrected chi connectivity index (χ1v) is 6.20. The van der Waals surface area contributed by atoms with E-state index in [4.69, 9.17) is 4.52 Å². The summed E-state index contributed by atoms with van der Waals surface area (Å²) in [6.45, 7) is 2.91. The van der Waals surface area contributed by atoms with Crippen molar-refractivity contribution in [1.82, 2.24) is 20.0 Å². The molecule has 1 aliphatic rings. The van der Waals surface area contributed by atoms with Crippen LogP contribution >= 0.6 is 0 Å². The average molecular weight is 258 g/mol. The van der Waals surface area contributed by atoms with Crippen molar-refractivity contribution < 1.29 is 9.32 Å². The van der Waals surface area contributed by atoms with E-state index < -0.39 is 0 Å². The highest BCUT2D eigenvalue weighted by Gasteiger charge is 2.34. The molecule has 0 saturated carbocycles. The summed E-state index contributed by atoms with van der Waals surface area (Å²) in [5.74, 6) is 1.25. The predicted molar refractivity (Wildman–Crippen MR) is 66.0 cm³/mol. The van der Waals surface area contributed by atoms with Crippen LogP contribution in [0.3, 0.4) is 0 Å². The zero-order chi connectivity index (χ0) is 13.2. The van der Waals surface area contributed by atoms with Crippen LogP contribution in [0, 0.1) is 6.92 Å². The van der Waals surface area contributed by atoms with E-state index in [0.29, 0.717) is 31.2 Å². The van der Waals surface area contributed by atoms with Crippen LogP contribution in [0.4, 0.5) is 0 Å². The van der Waals surface area contributed by atoms with Crippen LogP contribution in [0.1, 0.15) is 29.7 Å². The Kier molecular flexibility index (Phi) is 2.98. The summed E-state index contributed by atoms with van der Waals surface area (Å²) in [4.78, 5) is 22.2. The second-order valence-electron chi connectivity index (χ2n) is 4.68. The molecule has 0 aromatic carbocycles. The minimum Gasteiger partial charge on any atom is -0.339 e. The lowest BCUT2D eigenvalue weighted by Gasteiger charge is -2.15. The van der Waals surface area contributed by atoms with Crippen LogP contribution in [0.5, 0.6) is 0 Å². The molecule has 0 bridgehead atoms. The molecule has 0 radical (unpaired) electrons. The first-order valence-electron chi connectivity index (χ1n) is 6.20. The standard InChI is InChI=1S/C13H14N4O2/c1-9-15-13(19-16-9)10-6-12(18)17(7-10)8-11-4-2-3-5-14-11/h2-5,10H,6-8H2,1H3. The van der Waals surface area contributed by atoms with Crippen LogP contribution in [0.2, 0.25) is 0 Å². The Morgan fingerprint density at radius 3 is 3.05 bits per heavy atom. The normalized spacial score (nSPS) is 19.1. The molecule has 1 amide bonds. The van der Waals surface area contributed by atoms with Gasteiger partial charge in [0.1, 0.15) is 0 Å². The molecule has 0 aliphatic carbocycles. The molecule has 2 aromatic heterocycles. The van der Waals surface area contributed by atoms with Gasteiger partial charge in [0.15, 0.2) is 5.82 Å². The van der Waals surface area contributed by atoms with E-state index in [1.54, 1.807) is 18.0 Å². The molecule has 0 N–H and O–H groups in total. The molecule has 1 unspecified atom stereocenters. The average Bonchev–Trinajstić information content (AvgIpc) is 2.98. The molecular formula is C13H14N4O2. The van der Waals surface area contributed by atoms with Gasteiger partial charge in [0, 0.05) is 19.2 Å². The maximum absolute atomic E-state index is 12.0. The van der Waals surface area contributed by atoms with Gasteiger partial charge in [-0.3, -0.25) is 9.78 Å². The van der Waals surface area contributed by atoms with Crippen molar-refractivity contribution in [2.24, 2.45) is 0 Å². The highest BCUT2D eigenvalue weighted by molar-refractivity contribution is 5.79. The van der Waals surface area contributed by atoms with Crippen molar-refractivity contribution in [2.75, 3.05) is 6.54 Å². The molecule has 1 saturated heterocycles. The highest BCUT2D eigenvalue weighted by Crippen LogP contribution is 2.27. The molecule has 1 atom stereocenters. The molecular weight excluding hydrogens is 244 g/mol. The summed E-state index contributed by atoms with van der Waals surface area (Å²) >= 11 is 0. The van der Waals surface area contributed by atoms with Gasteiger partial charge in [-0.05, 0) is 19.1 Å².